The van der Waals surface area contributed by atoms with E-state index < -0.39 is 0 Å². The summed E-state index contributed by atoms with van der Waals surface area (Å²) >= 11 is 13.6. The third kappa shape index (κ3) is 4.69. The molecule has 0 heterocycles. The average molecular weight is 307 g/mol. The van der Waals surface area contributed by atoms with Crippen LogP contribution in [0.5, 0.6) is 0 Å². The summed E-state index contributed by atoms with van der Waals surface area (Å²) in [5.41, 5.74) is 6.96. The molecule has 100 valence electrons. The maximum Gasteiger partial charge on any atom is 0.234 e. The topological polar surface area (TPSA) is 55.1 Å². The fourth-order valence-electron chi connectivity index (χ4n) is 1.28. The molecule has 1 rings (SSSR count). The summed E-state index contributed by atoms with van der Waals surface area (Å²) in [6.45, 7) is 3.76. The molecule has 0 spiro atoms. The number of nitrogens with two attached hydrogens (primary N) is 1. The van der Waals surface area contributed by atoms with Crippen LogP contribution >= 0.6 is 35.0 Å². The van der Waals surface area contributed by atoms with Gasteiger partial charge in [0.25, 0.3) is 0 Å². The highest BCUT2D eigenvalue weighted by Crippen LogP contribution is 2.32. The molecule has 3 nitrogen and oxygen atoms in total. The summed E-state index contributed by atoms with van der Waals surface area (Å²) in [4.78, 5) is 11.7. The van der Waals surface area contributed by atoms with Gasteiger partial charge in [0.15, 0.2) is 0 Å². The van der Waals surface area contributed by atoms with Gasteiger partial charge in [-0.3, -0.25) is 4.79 Å². The van der Waals surface area contributed by atoms with Gasteiger partial charge in [-0.1, -0.05) is 29.3 Å². The highest BCUT2D eigenvalue weighted by Gasteiger charge is 2.11. The normalized spacial score (nSPS) is 12.3. The molecule has 18 heavy (non-hydrogen) atoms. The zero-order valence-corrected chi connectivity index (χ0v) is 12.6. The van der Waals surface area contributed by atoms with E-state index in [9.17, 15) is 4.79 Å². The van der Waals surface area contributed by atoms with Crippen molar-refractivity contribution < 1.29 is 4.79 Å². The van der Waals surface area contributed by atoms with E-state index in [0.29, 0.717) is 21.5 Å². The van der Waals surface area contributed by atoms with Crippen LogP contribution in [0.25, 0.3) is 0 Å². The van der Waals surface area contributed by atoms with Crippen LogP contribution in [0.15, 0.2) is 12.1 Å². The molecule has 1 atom stereocenters. The lowest BCUT2D eigenvalue weighted by Gasteiger charge is -2.11. The zero-order chi connectivity index (χ0) is 13.7. The first kappa shape index (κ1) is 15.6. The van der Waals surface area contributed by atoms with E-state index in [1.54, 1.807) is 6.07 Å². The van der Waals surface area contributed by atoms with E-state index in [1.165, 1.54) is 11.8 Å². The summed E-state index contributed by atoms with van der Waals surface area (Å²) in [6, 6.07) is 3.60. The summed E-state index contributed by atoms with van der Waals surface area (Å²) in [7, 11) is 0. The van der Waals surface area contributed by atoms with E-state index in [4.69, 9.17) is 28.9 Å². The monoisotopic (exact) mass is 306 g/mol. The van der Waals surface area contributed by atoms with Crippen molar-refractivity contribution in [3.8, 4) is 0 Å². The molecule has 3 N–H and O–H groups in total. The molecule has 1 unspecified atom stereocenters. The van der Waals surface area contributed by atoms with Crippen LogP contribution < -0.4 is 11.1 Å². The lowest BCUT2D eigenvalue weighted by Crippen LogP contribution is -2.20. The number of hydrogen-bond acceptors (Lipinski definition) is 3. The highest BCUT2D eigenvalue weighted by molar-refractivity contribution is 8.00. The smallest absolute Gasteiger partial charge is 0.234 e. The summed E-state index contributed by atoms with van der Waals surface area (Å²) < 4.78 is 0. The molecule has 6 heteroatoms. The number of carbonyl (C=O) groups is 1. The van der Waals surface area contributed by atoms with Gasteiger partial charge in [0.05, 0.1) is 21.5 Å². The van der Waals surface area contributed by atoms with Crippen molar-refractivity contribution >= 4 is 46.6 Å². The van der Waals surface area contributed by atoms with Crippen LogP contribution in [0.2, 0.25) is 10.0 Å². The Morgan fingerprint density at radius 3 is 2.78 bits per heavy atom. The second-order valence-electron chi connectivity index (χ2n) is 4.09. The largest absolute Gasteiger partial charge is 0.327 e. The quantitative estimate of drug-likeness (QED) is 0.877. The first-order chi connectivity index (χ1) is 8.41. The highest BCUT2D eigenvalue weighted by atomic mass is 35.5. The van der Waals surface area contributed by atoms with Gasteiger partial charge < -0.3 is 11.1 Å². The van der Waals surface area contributed by atoms with Gasteiger partial charge in [-0.25, -0.2) is 0 Å². The fourth-order valence-corrected chi connectivity index (χ4v) is 2.50. The summed E-state index contributed by atoms with van der Waals surface area (Å²) in [6.07, 6.45) is 0. The van der Waals surface area contributed by atoms with Gasteiger partial charge in [0.2, 0.25) is 5.91 Å². The van der Waals surface area contributed by atoms with Crippen LogP contribution in [-0.4, -0.2) is 23.5 Å². The van der Waals surface area contributed by atoms with Gasteiger partial charge in [0, 0.05) is 11.8 Å². The molecule has 0 aliphatic heterocycles. The minimum Gasteiger partial charge on any atom is -0.327 e. The summed E-state index contributed by atoms with van der Waals surface area (Å²) in [5, 5.41) is 3.65. The Morgan fingerprint density at radius 1 is 1.50 bits per heavy atom. The maximum absolute atomic E-state index is 11.7. The van der Waals surface area contributed by atoms with E-state index >= 15 is 0 Å². The Kier molecular flexibility index (Phi) is 6.29. The number of anilines is 1. The lowest BCUT2D eigenvalue weighted by molar-refractivity contribution is -0.113. The Bertz CT molecular complexity index is 438. The second kappa shape index (κ2) is 7.24. The third-order valence-electron chi connectivity index (χ3n) is 2.16. The van der Waals surface area contributed by atoms with Crippen molar-refractivity contribution in [2.24, 2.45) is 5.73 Å². The molecular formula is C12H16Cl2N2OS. The van der Waals surface area contributed by atoms with E-state index in [-0.39, 0.29) is 11.9 Å². The Balaban J connectivity index is 2.62. The molecule has 1 aromatic carbocycles. The van der Waals surface area contributed by atoms with Crippen LogP contribution in [0.1, 0.15) is 12.5 Å². The van der Waals surface area contributed by atoms with Gasteiger partial charge in [-0.05, 0) is 25.5 Å². The number of thioether (sulfide) groups is 1. The number of rotatable bonds is 5. The molecule has 0 aromatic heterocycles. The lowest BCUT2D eigenvalue weighted by atomic mass is 10.2. The average Bonchev–Trinajstić information content (AvgIpc) is 2.29. The van der Waals surface area contributed by atoms with Gasteiger partial charge in [-0.2, -0.15) is 11.8 Å². The van der Waals surface area contributed by atoms with Crippen molar-refractivity contribution in [3.05, 3.63) is 27.7 Å². The number of aryl methyl sites for hydroxylation is 1. The summed E-state index contributed by atoms with van der Waals surface area (Å²) in [5.74, 6) is 0.945. The predicted octanol–water partition coefficient (Wildman–Crippen LogP) is 3.32. The molecule has 0 saturated carbocycles. The molecular weight excluding hydrogens is 291 g/mol. The van der Waals surface area contributed by atoms with Gasteiger partial charge in [-0.15, -0.1) is 0 Å². The second-order valence-corrected chi connectivity index (χ2v) is 5.91. The van der Waals surface area contributed by atoms with Gasteiger partial charge in [0.1, 0.15) is 0 Å². The maximum atomic E-state index is 11.7. The first-order valence-corrected chi connectivity index (χ1v) is 7.40. The predicted molar refractivity (Wildman–Crippen MR) is 80.8 cm³/mol. The molecule has 1 aromatic rings. The molecule has 0 bridgehead atoms. The van der Waals surface area contributed by atoms with Crippen LogP contribution in [0.4, 0.5) is 5.69 Å². The number of halogens is 2. The molecule has 0 saturated heterocycles. The third-order valence-corrected chi connectivity index (χ3v) is 4.19. The molecule has 0 aliphatic carbocycles. The zero-order valence-electron chi connectivity index (χ0n) is 10.3. The van der Waals surface area contributed by atoms with Crippen molar-refractivity contribution in [2.75, 3.05) is 16.8 Å². The minimum absolute atomic E-state index is 0.0777. The first-order valence-electron chi connectivity index (χ1n) is 5.49. The standard InChI is InChI=1S/C12H16Cl2N2OS/c1-7-3-4-9(13)12(11(7)14)16-10(17)6-18-5-8(2)15/h3-4,8H,5-6,15H2,1-2H3,(H,16,17). The van der Waals surface area contributed by atoms with Crippen LogP contribution in [0, 0.1) is 6.92 Å². The molecule has 0 fully saturated rings. The van der Waals surface area contributed by atoms with E-state index in [1.807, 2.05) is 19.9 Å². The number of amides is 1. The molecule has 0 radical (unpaired) electrons. The van der Waals surface area contributed by atoms with Crippen LogP contribution in [0.3, 0.4) is 0 Å². The van der Waals surface area contributed by atoms with Crippen molar-refractivity contribution in [1.29, 1.82) is 0 Å². The molecule has 1 amide bonds. The molecule has 0 aliphatic rings. The number of benzene rings is 1. The Hall–Kier alpha value is -0.420. The Labute approximate surface area is 121 Å². The van der Waals surface area contributed by atoms with Gasteiger partial charge >= 0.3 is 0 Å². The van der Waals surface area contributed by atoms with Crippen molar-refractivity contribution in [2.45, 2.75) is 19.9 Å². The van der Waals surface area contributed by atoms with E-state index in [0.717, 1.165) is 11.3 Å². The Morgan fingerprint density at radius 2 is 2.17 bits per heavy atom. The number of carbonyl (C=O) groups excluding carboxylic acids is 1. The van der Waals surface area contributed by atoms with Crippen molar-refractivity contribution in [1.82, 2.24) is 0 Å². The fraction of sp³-hybridized carbons (Fsp3) is 0.417. The SMILES string of the molecule is Cc1ccc(Cl)c(NC(=O)CSCC(C)N)c1Cl. The number of hydrogen-bond donors (Lipinski definition) is 2. The van der Waals surface area contributed by atoms with E-state index in [2.05, 4.69) is 5.32 Å². The minimum atomic E-state index is -0.130. The number of nitrogens with one attached hydrogen (secondary N) is 1. The van der Waals surface area contributed by atoms with Crippen LogP contribution in [-0.2, 0) is 4.79 Å². The van der Waals surface area contributed by atoms with Crippen molar-refractivity contribution in [3.63, 3.8) is 0 Å².